The Bertz CT molecular complexity index is 600. The summed E-state index contributed by atoms with van der Waals surface area (Å²) in [5, 5.41) is 3.83. The number of hydrogen-bond donors (Lipinski definition) is 3. The van der Waals surface area contributed by atoms with Gasteiger partial charge in [0.1, 0.15) is 5.82 Å². The van der Waals surface area contributed by atoms with Crippen molar-refractivity contribution in [3.63, 3.8) is 0 Å². The maximum atomic E-state index is 12.0. The normalized spacial score (nSPS) is 11.6. The van der Waals surface area contributed by atoms with Crippen molar-refractivity contribution < 1.29 is 13.2 Å². The minimum absolute atomic E-state index is 0.0848. The lowest BCUT2D eigenvalue weighted by Gasteiger charge is -2.11. The maximum absolute atomic E-state index is 12.0. The van der Waals surface area contributed by atoms with Gasteiger partial charge in [-0.2, -0.15) is 18.2 Å². The Hall–Kier alpha value is -2.09. The largest absolute Gasteiger partial charge is 0.389 e. The van der Waals surface area contributed by atoms with Gasteiger partial charge in [-0.05, 0) is 25.0 Å². The lowest BCUT2D eigenvalue weighted by atomic mass is 10.2. The molecule has 1 aromatic heterocycles. The molecular weight excluding hydrogens is 283 g/mol. The lowest BCUT2D eigenvalue weighted by molar-refractivity contribution is -0.135. The van der Waals surface area contributed by atoms with Crippen molar-refractivity contribution in [3.8, 4) is 0 Å². The molecule has 0 atom stereocenters. The molecule has 0 saturated carbocycles. The fourth-order valence-electron chi connectivity index (χ4n) is 1.93. The van der Waals surface area contributed by atoms with Gasteiger partial charge in [0.05, 0.1) is 5.52 Å². The van der Waals surface area contributed by atoms with E-state index >= 15 is 0 Å². The van der Waals surface area contributed by atoms with Gasteiger partial charge in [0, 0.05) is 18.4 Å². The van der Waals surface area contributed by atoms with Gasteiger partial charge in [-0.1, -0.05) is 12.1 Å². The lowest BCUT2D eigenvalue weighted by Crippen LogP contribution is -2.13. The molecule has 4 N–H and O–H groups in total. The smallest absolute Gasteiger partial charge is 0.369 e. The zero-order valence-electron chi connectivity index (χ0n) is 11.2. The zero-order valence-corrected chi connectivity index (χ0v) is 11.2. The summed E-state index contributed by atoms with van der Waals surface area (Å²) < 4.78 is 36.1. The van der Waals surface area contributed by atoms with Crippen molar-refractivity contribution in [2.45, 2.75) is 25.4 Å². The SMILES string of the molecule is NNc1nc(NCCCCC(F)(F)F)c2ccccc2n1. The Labute approximate surface area is 119 Å². The number of hydrogen-bond acceptors (Lipinski definition) is 5. The molecule has 1 aromatic carbocycles. The van der Waals surface area contributed by atoms with E-state index in [2.05, 4.69) is 20.7 Å². The van der Waals surface area contributed by atoms with Gasteiger partial charge in [0.15, 0.2) is 0 Å². The van der Waals surface area contributed by atoms with Crippen molar-refractivity contribution >= 4 is 22.7 Å². The average Bonchev–Trinajstić information content (AvgIpc) is 2.45. The van der Waals surface area contributed by atoms with Crippen molar-refractivity contribution in [2.24, 2.45) is 5.84 Å². The predicted octanol–water partition coefficient (Wildman–Crippen LogP) is 3.06. The molecule has 2 aromatic rings. The third-order valence-electron chi connectivity index (χ3n) is 2.91. The number of para-hydroxylation sites is 1. The van der Waals surface area contributed by atoms with Crippen molar-refractivity contribution in [1.82, 2.24) is 9.97 Å². The zero-order chi connectivity index (χ0) is 15.3. The van der Waals surface area contributed by atoms with Crippen LogP contribution in [0, 0.1) is 0 Å². The first-order valence-corrected chi connectivity index (χ1v) is 6.53. The molecule has 0 radical (unpaired) electrons. The molecule has 2 rings (SSSR count). The van der Waals surface area contributed by atoms with Gasteiger partial charge in [-0.3, -0.25) is 5.43 Å². The van der Waals surface area contributed by atoms with Gasteiger partial charge in [-0.25, -0.2) is 10.8 Å². The number of hydrazine groups is 1. The number of aromatic nitrogens is 2. The fourth-order valence-corrected chi connectivity index (χ4v) is 1.93. The number of fused-ring (bicyclic) bond motifs is 1. The van der Waals surface area contributed by atoms with Crippen LogP contribution in [0.15, 0.2) is 24.3 Å². The number of unbranched alkanes of at least 4 members (excludes halogenated alkanes) is 1. The number of alkyl halides is 3. The predicted molar refractivity (Wildman–Crippen MR) is 75.7 cm³/mol. The molecule has 0 amide bonds. The van der Waals surface area contributed by atoms with Crippen LogP contribution in [0.4, 0.5) is 24.9 Å². The van der Waals surface area contributed by atoms with E-state index in [-0.39, 0.29) is 12.4 Å². The molecule has 0 bridgehead atoms. The highest BCUT2D eigenvalue weighted by Crippen LogP contribution is 2.23. The number of nitrogens with zero attached hydrogens (tertiary/aromatic N) is 2. The molecule has 0 aliphatic carbocycles. The Morgan fingerprint density at radius 2 is 1.86 bits per heavy atom. The van der Waals surface area contributed by atoms with Crippen molar-refractivity contribution in [3.05, 3.63) is 24.3 Å². The van der Waals surface area contributed by atoms with Crippen LogP contribution in [0.5, 0.6) is 0 Å². The van der Waals surface area contributed by atoms with Crippen molar-refractivity contribution in [2.75, 3.05) is 17.3 Å². The standard InChI is InChI=1S/C13H16F3N5/c14-13(15,16)7-3-4-8-18-11-9-5-1-2-6-10(9)19-12(20-11)21-17/h1-2,5-6H,3-4,7-8,17H2,(H2,18,19,20,21). The van der Waals surface area contributed by atoms with Crippen LogP contribution in [0.3, 0.4) is 0 Å². The summed E-state index contributed by atoms with van der Waals surface area (Å²) in [7, 11) is 0. The number of anilines is 2. The van der Waals surface area contributed by atoms with E-state index in [1.54, 1.807) is 0 Å². The van der Waals surface area contributed by atoms with Crippen LogP contribution >= 0.6 is 0 Å². The molecular formula is C13H16F3N5. The third-order valence-corrected chi connectivity index (χ3v) is 2.91. The van der Waals surface area contributed by atoms with E-state index in [0.717, 1.165) is 5.39 Å². The van der Waals surface area contributed by atoms with E-state index in [1.807, 2.05) is 24.3 Å². The van der Waals surface area contributed by atoms with E-state index in [4.69, 9.17) is 5.84 Å². The molecule has 5 nitrogen and oxygen atoms in total. The Morgan fingerprint density at radius 1 is 1.10 bits per heavy atom. The topological polar surface area (TPSA) is 75.9 Å². The van der Waals surface area contributed by atoms with Gasteiger partial charge < -0.3 is 5.32 Å². The average molecular weight is 299 g/mol. The van der Waals surface area contributed by atoms with Crippen molar-refractivity contribution in [1.29, 1.82) is 0 Å². The first-order valence-electron chi connectivity index (χ1n) is 6.53. The van der Waals surface area contributed by atoms with Gasteiger partial charge >= 0.3 is 6.18 Å². The van der Waals surface area contributed by atoms with Crippen LogP contribution in [0.25, 0.3) is 10.9 Å². The monoisotopic (exact) mass is 299 g/mol. The minimum atomic E-state index is -4.10. The second kappa shape index (κ2) is 6.57. The number of nitrogens with one attached hydrogen (secondary N) is 2. The van der Waals surface area contributed by atoms with Crippen LogP contribution in [0.1, 0.15) is 19.3 Å². The summed E-state index contributed by atoms with van der Waals surface area (Å²) in [5.74, 6) is 6.12. The number of nitrogen functional groups attached to an aromatic ring is 1. The van der Waals surface area contributed by atoms with Crippen LogP contribution in [-0.2, 0) is 0 Å². The van der Waals surface area contributed by atoms with E-state index in [9.17, 15) is 13.2 Å². The highest BCUT2D eigenvalue weighted by atomic mass is 19.4. The Morgan fingerprint density at radius 3 is 2.57 bits per heavy atom. The second-order valence-electron chi connectivity index (χ2n) is 4.56. The van der Waals surface area contributed by atoms with E-state index in [1.165, 1.54) is 0 Å². The molecule has 21 heavy (non-hydrogen) atoms. The third kappa shape index (κ3) is 4.45. The Kier molecular flexibility index (Phi) is 4.79. The molecule has 1 heterocycles. The number of nitrogens with two attached hydrogens (primary N) is 1. The van der Waals surface area contributed by atoms with Gasteiger partial charge in [0.25, 0.3) is 0 Å². The second-order valence-corrected chi connectivity index (χ2v) is 4.56. The number of halogens is 3. The molecule has 0 saturated heterocycles. The number of benzene rings is 1. The fraction of sp³-hybridized carbons (Fsp3) is 0.385. The maximum Gasteiger partial charge on any atom is 0.389 e. The van der Waals surface area contributed by atoms with Gasteiger partial charge in [-0.15, -0.1) is 0 Å². The van der Waals surface area contributed by atoms with Gasteiger partial charge in [0.2, 0.25) is 5.95 Å². The molecule has 0 aliphatic rings. The number of rotatable bonds is 6. The molecule has 0 aliphatic heterocycles. The highest BCUT2D eigenvalue weighted by Gasteiger charge is 2.25. The minimum Gasteiger partial charge on any atom is -0.369 e. The summed E-state index contributed by atoms with van der Waals surface area (Å²) >= 11 is 0. The summed E-state index contributed by atoms with van der Waals surface area (Å²) in [6.45, 7) is 0.404. The Balaban J connectivity index is 2.01. The summed E-state index contributed by atoms with van der Waals surface area (Å²) in [5.41, 5.74) is 3.08. The van der Waals surface area contributed by atoms with Crippen LogP contribution in [0.2, 0.25) is 0 Å². The molecule has 114 valence electrons. The molecule has 8 heteroatoms. The quantitative estimate of drug-likeness (QED) is 0.434. The highest BCUT2D eigenvalue weighted by molar-refractivity contribution is 5.89. The summed E-state index contributed by atoms with van der Waals surface area (Å²) in [6, 6.07) is 7.33. The summed E-state index contributed by atoms with van der Waals surface area (Å²) in [6.07, 6.45) is -4.38. The molecule has 0 spiro atoms. The molecule has 0 fully saturated rings. The first kappa shape index (κ1) is 15.3. The van der Waals surface area contributed by atoms with E-state index < -0.39 is 12.6 Å². The summed E-state index contributed by atoms with van der Waals surface area (Å²) in [4.78, 5) is 8.38. The van der Waals surface area contributed by atoms with Crippen LogP contribution in [-0.4, -0.2) is 22.7 Å². The van der Waals surface area contributed by atoms with E-state index in [0.29, 0.717) is 24.3 Å². The molecule has 0 unspecified atom stereocenters. The first-order chi connectivity index (χ1) is 9.99. The van der Waals surface area contributed by atoms with Crippen LogP contribution < -0.4 is 16.6 Å².